The fourth-order valence-corrected chi connectivity index (χ4v) is 3.22. The first-order valence-electron chi connectivity index (χ1n) is 11.4. The average Bonchev–Trinajstić information content (AvgIpc) is 3.35. The third kappa shape index (κ3) is 5.66. The molecule has 0 fully saturated rings. The Labute approximate surface area is 194 Å². The van der Waals surface area contributed by atoms with Crippen molar-refractivity contribution < 1.29 is 19.2 Å². The minimum Gasteiger partial charge on any atom is -0.292 e. The zero-order valence-electron chi connectivity index (χ0n) is 20.7. The fourth-order valence-electron chi connectivity index (χ4n) is 3.22. The van der Waals surface area contributed by atoms with Crippen molar-refractivity contribution in [1.82, 2.24) is 30.0 Å². The molecule has 2 aromatic heterocycles. The standard InChI is InChI=1S/C23H34N6O4/c1-12(2)20(30)16-18(22(32)14(5)6)28(26-24-16)10-9-11-29-19(23(33)15(7)8)17(25-27-29)21(31)13(3)4/h12-15H,9-11H2,1-8H3. The summed E-state index contributed by atoms with van der Waals surface area (Å²) in [4.78, 5) is 50.7. The molecule has 2 rings (SSSR count). The van der Waals surface area contributed by atoms with Gasteiger partial charge in [0.05, 0.1) is 0 Å². The van der Waals surface area contributed by atoms with Crippen LogP contribution in [0.4, 0.5) is 0 Å². The number of ketones is 4. The van der Waals surface area contributed by atoms with Gasteiger partial charge in [0.15, 0.2) is 34.5 Å². The van der Waals surface area contributed by atoms with Crippen LogP contribution in [0, 0.1) is 23.7 Å². The van der Waals surface area contributed by atoms with E-state index in [9.17, 15) is 19.2 Å². The van der Waals surface area contributed by atoms with E-state index in [1.54, 1.807) is 55.4 Å². The Morgan fingerprint density at radius 3 is 1.15 bits per heavy atom. The first kappa shape index (κ1) is 26.2. The predicted octanol–water partition coefficient (Wildman–Crippen LogP) is 3.31. The Bertz CT molecular complexity index is 963. The SMILES string of the molecule is CC(C)C(=O)c1nnn(CCCn2nnc(C(=O)C(C)C)c2C(=O)C(C)C)c1C(=O)C(C)C. The number of nitrogens with zero attached hydrogens (tertiary/aromatic N) is 6. The van der Waals surface area contributed by atoms with Crippen LogP contribution in [0.25, 0.3) is 0 Å². The number of aromatic nitrogens is 6. The monoisotopic (exact) mass is 458 g/mol. The van der Waals surface area contributed by atoms with Crippen molar-refractivity contribution >= 4 is 23.1 Å². The van der Waals surface area contributed by atoms with Crippen molar-refractivity contribution in [2.45, 2.75) is 74.9 Å². The van der Waals surface area contributed by atoms with E-state index in [0.29, 0.717) is 6.42 Å². The summed E-state index contributed by atoms with van der Waals surface area (Å²) in [6, 6.07) is 0. The van der Waals surface area contributed by atoms with Crippen LogP contribution in [0.5, 0.6) is 0 Å². The van der Waals surface area contributed by atoms with Gasteiger partial charge in [-0.05, 0) is 6.42 Å². The average molecular weight is 459 g/mol. The number of hydrogen-bond donors (Lipinski definition) is 0. The van der Waals surface area contributed by atoms with Gasteiger partial charge in [-0.1, -0.05) is 65.8 Å². The minimum atomic E-state index is -0.323. The second-order valence-electron chi connectivity index (χ2n) is 9.45. The van der Waals surface area contributed by atoms with Gasteiger partial charge < -0.3 is 0 Å². The first-order chi connectivity index (χ1) is 15.4. The third-order valence-electron chi connectivity index (χ3n) is 5.24. The number of hydrogen-bond acceptors (Lipinski definition) is 8. The first-order valence-corrected chi connectivity index (χ1v) is 11.4. The molecule has 10 heteroatoms. The quantitative estimate of drug-likeness (QED) is 0.443. The lowest BCUT2D eigenvalue weighted by atomic mass is 9.99. The summed E-state index contributed by atoms with van der Waals surface area (Å²) in [6.07, 6.45) is 0.439. The Kier molecular flexibility index (Phi) is 8.51. The molecule has 0 atom stereocenters. The molecule has 180 valence electrons. The largest absolute Gasteiger partial charge is 0.292 e. The van der Waals surface area contributed by atoms with E-state index in [0.717, 1.165) is 0 Å². The normalized spacial score (nSPS) is 11.8. The highest BCUT2D eigenvalue weighted by molar-refractivity contribution is 6.08. The third-order valence-corrected chi connectivity index (χ3v) is 5.24. The van der Waals surface area contributed by atoms with Crippen LogP contribution in [-0.4, -0.2) is 53.1 Å². The molecule has 0 radical (unpaired) electrons. The summed E-state index contributed by atoms with van der Waals surface area (Å²) in [7, 11) is 0. The van der Waals surface area contributed by atoms with Crippen LogP contribution in [0.3, 0.4) is 0 Å². The van der Waals surface area contributed by atoms with Crippen LogP contribution < -0.4 is 0 Å². The molecule has 0 aliphatic heterocycles. The minimum absolute atomic E-state index is 0.0879. The van der Waals surface area contributed by atoms with Gasteiger partial charge in [-0.3, -0.25) is 19.2 Å². The zero-order valence-corrected chi connectivity index (χ0v) is 20.7. The maximum atomic E-state index is 12.8. The molecule has 0 spiro atoms. The molecule has 0 N–H and O–H groups in total. The van der Waals surface area contributed by atoms with E-state index in [2.05, 4.69) is 20.6 Å². The van der Waals surface area contributed by atoms with Crippen molar-refractivity contribution in [3.63, 3.8) is 0 Å². The van der Waals surface area contributed by atoms with Gasteiger partial charge >= 0.3 is 0 Å². The lowest BCUT2D eigenvalue weighted by Gasteiger charge is -2.12. The Morgan fingerprint density at radius 1 is 0.576 bits per heavy atom. The molecular formula is C23H34N6O4. The predicted molar refractivity (Wildman–Crippen MR) is 121 cm³/mol. The number of rotatable bonds is 12. The highest BCUT2D eigenvalue weighted by Crippen LogP contribution is 2.19. The Hall–Kier alpha value is -3.04. The molecule has 0 saturated carbocycles. The van der Waals surface area contributed by atoms with Crippen molar-refractivity contribution in [3.05, 3.63) is 22.8 Å². The number of carbonyl (C=O) groups excluding carboxylic acids is 4. The van der Waals surface area contributed by atoms with Gasteiger partial charge in [0.1, 0.15) is 11.4 Å². The highest BCUT2D eigenvalue weighted by atomic mass is 16.1. The molecule has 0 amide bonds. The van der Waals surface area contributed by atoms with Gasteiger partial charge in [-0.25, -0.2) is 9.36 Å². The molecule has 0 bridgehead atoms. The van der Waals surface area contributed by atoms with Gasteiger partial charge in [0.2, 0.25) is 0 Å². The Balaban J connectivity index is 2.32. The maximum absolute atomic E-state index is 12.8. The Morgan fingerprint density at radius 2 is 0.879 bits per heavy atom. The topological polar surface area (TPSA) is 130 Å². The van der Waals surface area contributed by atoms with Crippen molar-refractivity contribution in [2.24, 2.45) is 23.7 Å². The van der Waals surface area contributed by atoms with Crippen molar-refractivity contribution in [1.29, 1.82) is 0 Å². The number of carbonyl (C=O) groups is 4. The maximum Gasteiger partial charge on any atom is 0.188 e. The molecule has 0 saturated heterocycles. The molecule has 0 unspecified atom stereocenters. The molecule has 33 heavy (non-hydrogen) atoms. The summed E-state index contributed by atoms with van der Waals surface area (Å²) < 4.78 is 2.89. The molecular weight excluding hydrogens is 424 g/mol. The highest BCUT2D eigenvalue weighted by Gasteiger charge is 2.29. The number of aryl methyl sites for hydroxylation is 2. The van der Waals surface area contributed by atoms with Crippen molar-refractivity contribution in [2.75, 3.05) is 0 Å². The second-order valence-corrected chi connectivity index (χ2v) is 9.45. The summed E-state index contributed by atoms with van der Waals surface area (Å²) >= 11 is 0. The van der Waals surface area contributed by atoms with Gasteiger partial charge in [0.25, 0.3) is 0 Å². The summed E-state index contributed by atoms with van der Waals surface area (Å²) in [5.74, 6) is -2.15. The molecule has 0 aliphatic rings. The van der Waals surface area contributed by atoms with Gasteiger partial charge in [-0.2, -0.15) is 0 Å². The lowest BCUT2D eigenvalue weighted by molar-refractivity contribution is 0.0895. The second kappa shape index (κ2) is 10.7. The molecule has 0 aliphatic carbocycles. The van der Waals surface area contributed by atoms with E-state index in [1.165, 1.54) is 9.36 Å². The summed E-state index contributed by atoms with van der Waals surface area (Å²) in [5, 5.41) is 16.1. The van der Waals surface area contributed by atoms with Crippen LogP contribution in [0.15, 0.2) is 0 Å². The fraction of sp³-hybridized carbons (Fsp3) is 0.652. The number of Topliss-reactive ketones (excluding diaryl/α,β-unsaturated/α-hetero) is 4. The van der Waals surface area contributed by atoms with Crippen LogP contribution in [-0.2, 0) is 13.1 Å². The molecule has 2 heterocycles. The van der Waals surface area contributed by atoms with Crippen LogP contribution >= 0.6 is 0 Å². The lowest BCUT2D eigenvalue weighted by Crippen LogP contribution is -2.22. The molecule has 10 nitrogen and oxygen atoms in total. The van der Waals surface area contributed by atoms with Gasteiger partial charge in [0, 0.05) is 36.8 Å². The smallest absolute Gasteiger partial charge is 0.188 e. The summed E-state index contributed by atoms with van der Waals surface area (Å²) in [5.41, 5.74) is 0.586. The van der Waals surface area contributed by atoms with Crippen LogP contribution in [0.2, 0.25) is 0 Å². The summed E-state index contributed by atoms with van der Waals surface area (Å²) in [6.45, 7) is 14.6. The molecule has 0 aromatic carbocycles. The van der Waals surface area contributed by atoms with E-state index < -0.39 is 0 Å². The van der Waals surface area contributed by atoms with E-state index >= 15 is 0 Å². The van der Waals surface area contributed by atoms with Crippen molar-refractivity contribution in [3.8, 4) is 0 Å². The zero-order chi connectivity index (χ0) is 25.0. The van der Waals surface area contributed by atoms with Crippen LogP contribution in [0.1, 0.15) is 104 Å². The van der Waals surface area contributed by atoms with Gasteiger partial charge in [-0.15, -0.1) is 10.2 Å². The molecule has 2 aromatic rings. The van der Waals surface area contributed by atoms with E-state index in [4.69, 9.17) is 0 Å². The van der Waals surface area contributed by atoms with E-state index in [-0.39, 0.29) is 82.7 Å². The van der Waals surface area contributed by atoms with E-state index in [1.807, 2.05) is 0 Å².